The Kier molecular flexibility index (Phi) is 4.50. The van der Waals surface area contributed by atoms with Crippen molar-refractivity contribution in [3.8, 4) is 18.0 Å². The number of nitrogens with one attached hydrogen (secondary N) is 1. The number of anilines is 1. The molecular weight excluding hydrogens is 423 g/mol. The van der Waals surface area contributed by atoms with Gasteiger partial charge in [-0.3, -0.25) is 4.79 Å². The summed E-state index contributed by atoms with van der Waals surface area (Å²) in [7, 11) is 0. The lowest BCUT2D eigenvalue weighted by molar-refractivity contribution is 0.0695. The van der Waals surface area contributed by atoms with Crippen molar-refractivity contribution in [1.82, 2.24) is 9.88 Å². The number of benzene rings is 2. The smallest absolute Gasteiger partial charge is 0.341 e. The number of rotatable bonds is 3. The average Bonchev–Trinajstić information content (AvgIpc) is 3.37. The van der Waals surface area contributed by atoms with E-state index < -0.39 is 34.4 Å². The third kappa shape index (κ3) is 2.87. The van der Waals surface area contributed by atoms with E-state index in [9.17, 15) is 23.5 Å². The van der Waals surface area contributed by atoms with Gasteiger partial charge in [0.2, 0.25) is 5.43 Å². The lowest BCUT2D eigenvalue weighted by atomic mass is 10.0. The van der Waals surface area contributed by atoms with Crippen LogP contribution in [0.25, 0.3) is 16.6 Å². The summed E-state index contributed by atoms with van der Waals surface area (Å²) >= 11 is 0. The van der Waals surface area contributed by atoms with Crippen LogP contribution >= 0.6 is 0 Å². The summed E-state index contributed by atoms with van der Waals surface area (Å²) in [6.45, 7) is 1.15. The van der Waals surface area contributed by atoms with Crippen LogP contribution in [-0.2, 0) is 0 Å². The Bertz CT molecular complexity index is 1410. The molecule has 2 aliphatic heterocycles. The van der Waals surface area contributed by atoms with Crippen molar-refractivity contribution in [3.05, 3.63) is 69.3 Å². The first kappa shape index (κ1) is 20.2. The Labute approximate surface area is 179 Å². The minimum atomic E-state index is -1.57. The molecule has 6 nitrogen and oxygen atoms in total. The van der Waals surface area contributed by atoms with Crippen molar-refractivity contribution in [1.29, 1.82) is 0 Å². The molecule has 2 fully saturated rings. The van der Waals surface area contributed by atoms with E-state index in [0.29, 0.717) is 19.2 Å². The minimum Gasteiger partial charge on any atom is -0.477 e. The highest BCUT2D eigenvalue weighted by Gasteiger charge is 2.40. The van der Waals surface area contributed by atoms with Crippen LogP contribution in [0.4, 0.5) is 18.9 Å². The summed E-state index contributed by atoms with van der Waals surface area (Å²) in [6, 6.07) is 3.84. The van der Waals surface area contributed by atoms with E-state index in [2.05, 4.69) is 11.2 Å². The summed E-state index contributed by atoms with van der Waals surface area (Å²) in [4.78, 5) is 26.4. The van der Waals surface area contributed by atoms with E-state index in [1.165, 1.54) is 0 Å². The molecule has 2 atom stereocenters. The molecule has 162 valence electrons. The van der Waals surface area contributed by atoms with Crippen LogP contribution in [0.5, 0.6) is 0 Å². The third-order valence-corrected chi connectivity index (χ3v) is 6.10. The second kappa shape index (κ2) is 7.14. The summed E-state index contributed by atoms with van der Waals surface area (Å²) in [5.74, 6) is -1.73. The van der Waals surface area contributed by atoms with Crippen molar-refractivity contribution in [3.63, 3.8) is 0 Å². The van der Waals surface area contributed by atoms with Crippen molar-refractivity contribution in [2.45, 2.75) is 18.5 Å². The van der Waals surface area contributed by atoms with Crippen LogP contribution in [0.15, 0.2) is 35.3 Å². The number of fused-ring (bicyclic) bond motifs is 3. The zero-order chi connectivity index (χ0) is 22.7. The van der Waals surface area contributed by atoms with E-state index in [1.807, 2.05) is 4.90 Å². The van der Waals surface area contributed by atoms with Gasteiger partial charge in [0.05, 0.1) is 27.8 Å². The highest BCUT2D eigenvalue weighted by Crippen LogP contribution is 2.37. The van der Waals surface area contributed by atoms with Gasteiger partial charge < -0.3 is 19.9 Å². The lowest BCUT2D eigenvalue weighted by Crippen LogP contribution is -2.44. The topological polar surface area (TPSA) is 74.6 Å². The summed E-state index contributed by atoms with van der Waals surface area (Å²) in [5, 5.41) is 12.5. The molecule has 2 N–H and O–H groups in total. The van der Waals surface area contributed by atoms with Crippen LogP contribution in [0, 0.1) is 29.8 Å². The maximum atomic E-state index is 15.3. The number of carboxylic acid groups (broad SMARTS) is 1. The van der Waals surface area contributed by atoms with Gasteiger partial charge in [-0.25, -0.2) is 18.0 Å². The fraction of sp³-hybridized carbons (Fsp3) is 0.217. The number of aromatic carboxylic acids is 1. The Morgan fingerprint density at radius 2 is 2.00 bits per heavy atom. The number of piperazine rings is 1. The van der Waals surface area contributed by atoms with Gasteiger partial charge >= 0.3 is 5.97 Å². The molecule has 2 aliphatic rings. The Balaban J connectivity index is 1.91. The van der Waals surface area contributed by atoms with Gasteiger partial charge in [0.1, 0.15) is 23.0 Å². The van der Waals surface area contributed by atoms with Crippen LogP contribution < -0.4 is 15.6 Å². The Hall–Kier alpha value is -3.77. The van der Waals surface area contributed by atoms with Gasteiger partial charge in [-0.15, -0.1) is 6.42 Å². The van der Waals surface area contributed by atoms with Crippen molar-refractivity contribution in [2.24, 2.45) is 0 Å². The zero-order valence-electron chi connectivity index (χ0n) is 16.5. The predicted molar refractivity (Wildman–Crippen MR) is 112 cm³/mol. The standard InChI is InChI=1S/C23H16F3N3O3/c1-2-14-20-15(7-18(26)21(14)28-9-12-6-13(28)8-27-12)22(30)16(23(31)32)10-29(20)19-4-3-11(24)5-17(19)25/h1,3-5,7,10,12-13,27H,6,8-9H2,(H,31,32). The number of hydrogen-bond acceptors (Lipinski definition) is 4. The van der Waals surface area contributed by atoms with E-state index in [1.54, 1.807) is 0 Å². The average molecular weight is 439 g/mol. The molecule has 9 heteroatoms. The number of aromatic nitrogens is 1. The van der Waals surface area contributed by atoms with Crippen molar-refractivity contribution < 1.29 is 23.1 Å². The van der Waals surface area contributed by atoms with Gasteiger partial charge in [-0.05, 0) is 24.6 Å². The van der Waals surface area contributed by atoms with E-state index in [-0.39, 0.29) is 39.9 Å². The summed E-state index contributed by atoms with van der Waals surface area (Å²) < 4.78 is 44.6. The first-order valence-electron chi connectivity index (χ1n) is 9.87. The predicted octanol–water partition coefficient (Wildman–Crippen LogP) is 2.64. The summed E-state index contributed by atoms with van der Waals surface area (Å²) in [6.07, 6.45) is 7.50. The van der Waals surface area contributed by atoms with Gasteiger partial charge in [-0.2, -0.15) is 0 Å². The highest BCUT2D eigenvalue weighted by atomic mass is 19.1. The van der Waals surface area contributed by atoms with Crippen LogP contribution in [0.3, 0.4) is 0 Å². The van der Waals surface area contributed by atoms with Gasteiger partial charge in [-0.1, -0.05) is 5.92 Å². The summed E-state index contributed by atoms with van der Waals surface area (Å²) in [5.41, 5.74) is -1.77. The molecule has 32 heavy (non-hydrogen) atoms. The highest BCUT2D eigenvalue weighted by molar-refractivity contribution is 5.97. The van der Waals surface area contributed by atoms with Gasteiger partial charge in [0, 0.05) is 37.4 Å². The number of carbonyl (C=O) groups is 1. The molecule has 0 aliphatic carbocycles. The quantitative estimate of drug-likeness (QED) is 0.614. The third-order valence-electron chi connectivity index (χ3n) is 6.10. The molecule has 2 saturated heterocycles. The monoisotopic (exact) mass is 439 g/mol. The fourth-order valence-corrected chi connectivity index (χ4v) is 4.72. The molecule has 1 aromatic heterocycles. The molecule has 3 aromatic rings. The fourth-order valence-electron chi connectivity index (χ4n) is 4.72. The zero-order valence-corrected chi connectivity index (χ0v) is 16.5. The number of terminal acetylenes is 1. The van der Waals surface area contributed by atoms with Crippen molar-refractivity contribution in [2.75, 3.05) is 18.0 Å². The molecule has 0 radical (unpaired) electrons. The Morgan fingerprint density at radius 1 is 1.22 bits per heavy atom. The van der Waals surface area contributed by atoms with Crippen LogP contribution in [0.2, 0.25) is 0 Å². The van der Waals surface area contributed by atoms with Crippen LogP contribution in [-0.4, -0.2) is 40.8 Å². The maximum Gasteiger partial charge on any atom is 0.341 e. The molecule has 0 saturated carbocycles. The minimum absolute atomic E-state index is 0.0000667. The van der Waals surface area contributed by atoms with Gasteiger partial charge in [0.25, 0.3) is 0 Å². The maximum absolute atomic E-state index is 15.3. The number of pyridine rings is 1. The number of hydrogen-bond donors (Lipinski definition) is 2. The van der Waals surface area contributed by atoms with Crippen molar-refractivity contribution >= 4 is 22.6 Å². The van der Waals surface area contributed by atoms with E-state index in [4.69, 9.17) is 6.42 Å². The second-order valence-electron chi connectivity index (χ2n) is 7.91. The molecule has 5 rings (SSSR count). The largest absolute Gasteiger partial charge is 0.477 e. The molecular formula is C23H16F3N3O3. The number of carboxylic acids is 1. The number of nitrogens with zero attached hydrogens (tertiary/aromatic N) is 2. The first-order chi connectivity index (χ1) is 15.3. The van der Waals surface area contributed by atoms with E-state index in [0.717, 1.165) is 35.4 Å². The molecule has 0 spiro atoms. The Morgan fingerprint density at radius 3 is 2.59 bits per heavy atom. The molecule has 3 heterocycles. The normalized spacial score (nSPS) is 19.5. The second-order valence-corrected chi connectivity index (χ2v) is 7.91. The molecule has 2 unspecified atom stereocenters. The number of halogens is 3. The SMILES string of the molecule is C#Cc1c(N2CC3CC2CN3)c(F)cc2c(=O)c(C(=O)O)cn(-c3ccc(F)cc3F)c12. The van der Waals surface area contributed by atoms with Gasteiger partial charge in [0.15, 0.2) is 0 Å². The first-order valence-corrected chi connectivity index (χ1v) is 9.87. The lowest BCUT2D eigenvalue weighted by Gasteiger charge is -2.31. The van der Waals surface area contributed by atoms with E-state index >= 15 is 4.39 Å². The molecule has 2 aromatic carbocycles. The van der Waals surface area contributed by atoms with Crippen LogP contribution in [0.1, 0.15) is 22.3 Å². The molecule has 0 amide bonds. The molecule has 2 bridgehead atoms.